The Balaban J connectivity index is 1.22. The minimum absolute atomic E-state index is 0.00461. The summed E-state index contributed by atoms with van der Waals surface area (Å²) in [5.41, 5.74) is 2.13. The fourth-order valence-corrected chi connectivity index (χ4v) is 6.06. The Labute approximate surface area is 191 Å². The van der Waals surface area contributed by atoms with Gasteiger partial charge in [-0.15, -0.1) is 11.3 Å². The molecule has 1 N–H and O–H groups in total. The molecule has 0 saturated carbocycles. The van der Waals surface area contributed by atoms with Gasteiger partial charge in [0.2, 0.25) is 5.91 Å². The zero-order valence-corrected chi connectivity index (χ0v) is 19.2. The van der Waals surface area contributed by atoms with Gasteiger partial charge in [0, 0.05) is 36.6 Å². The van der Waals surface area contributed by atoms with Crippen molar-refractivity contribution in [3.05, 3.63) is 56.4 Å². The van der Waals surface area contributed by atoms with Gasteiger partial charge in [0.25, 0.3) is 5.56 Å². The highest BCUT2D eigenvalue weighted by molar-refractivity contribution is 7.18. The van der Waals surface area contributed by atoms with Crippen molar-refractivity contribution in [1.82, 2.24) is 19.8 Å². The van der Waals surface area contributed by atoms with E-state index in [1.807, 2.05) is 29.2 Å². The minimum atomic E-state index is -0.00461. The van der Waals surface area contributed by atoms with E-state index < -0.39 is 0 Å². The molecule has 3 aromatic rings. The molecule has 1 saturated heterocycles. The van der Waals surface area contributed by atoms with Gasteiger partial charge in [-0.3, -0.25) is 14.5 Å². The molecule has 5 rings (SSSR count). The van der Waals surface area contributed by atoms with Gasteiger partial charge >= 0.3 is 0 Å². The molecule has 3 heterocycles. The first kappa shape index (κ1) is 21.2. The Hall–Kier alpha value is -2.71. The molecule has 2 aliphatic rings. The summed E-state index contributed by atoms with van der Waals surface area (Å²) in [6.45, 7) is 3.48. The molecule has 2 aromatic heterocycles. The average Bonchev–Trinajstić information content (AvgIpc) is 3.18. The number of benzene rings is 1. The fourth-order valence-electron chi connectivity index (χ4n) is 4.77. The molecule has 0 bridgehead atoms. The Bertz CT molecular complexity index is 1190. The molecular formula is C24H28N4O3S. The van der Waals surface area contributed by atoms with Crippen molar-refractivity contribution in [2.45, 2.75) is 38.6 Å². The number of nitrogens with one attached hydrogen (secondary N) is 1. The van der Waals surface area contributed by atoms with Gasteiger partial charge in [0.15, 0.2) is 0 Å². The molecular weight excluding hydrogens is 424 g/mol. The van der Waals surface area contributed by atoms with Crippen LogP contribution < -0.4 is 10.3 Å². The van der Waals surface area contributed by atoms with Crippen molar-refractivity contribution in [3.8, 4) is 5.75 Å². The second-order valence-corrected chi connectivity index (χ2v) is 9.63. The molecule has 1 amide bonds. The van der Waals surface area contributed by atoms with Crippen molar-refractivity contribution in [2.75, 3.05) is 33.3 Å². The number of nitrogens with zero attached hydrogens (tertiary/aromatic N) is 3. The molecule has 1 fully saturated rings. The Morgan fingerprint density at radius 1 is 1.16 bits per heavy atom. The van der Waals surface area contributed by atoms with Gasteiger partial charge in [0.1, 0.15) is 16.4 Å². The number of aromatic nitrogens is 2. The number of amides is 1. The van der Waals surface area contributed by atoms with E-state index in [0.29, 0.717) is 26.1 Å². The lowest BCUT2D eigenvalue weighted by Gasteiger charge is -2.34. The van der Waals surface area contributed by atoms with Crippen LogP contribution in [0.3, 0.4) is 0 Å². The zero-order valence-electron chi connectivity index (χ0n) is 18.4. The molecule has 0 spiro atoms. The molecule has 0 radical (unpaired) electrons. The topological polar surface area (TPSA) is 78.5 Å². The van der Waals surface area contributed by atoms with Crippen LogP contribution in [0.2, 0.25) is 0 Å². The summed E-state index contributed by atoms with van der Waals surface area (Å²) < 4.78 is 5.37. The maximum absolute atomic E-state index is 12.8. The van der Waals surface area contributed by atoms with E-state index in [9.17, 15) is 9.59 Å². The number of rotatable bonds is 5. The molecule has 32 heavy (non-hydrogen) atoms. The Kier molecular flexibility index (Phi) is 5.97. The second-order valence-electron chi connectivity index (χ2n) is 8.55. The molecule has 0 atom stereocenters. The van der Waals surface area contributed by atoms with Gasteiger partial charge in [-0.1, -0.05) is 18.2 Å². The van der Waals surface area contributed by atoms with Crippen molar-refractivity contribution in [2.24, 2.45) is 0 Å². The van der Waals surface area contributed by atoms with Gasteiger partial charge < -0.3 is 14.6 Å². The van der Waals surface area contributed by atoms with Gasteiger partial charge in [-0.2, -0.15) is 0 Å². The van der Waals surface area contributed by atoms with Crippen LogP contribution in [0.1, 0.15) is 34.7 Å². The number of carbonyl (C=O) groups is 1. The van der Waals surface area contributed by atoms with E-state index in [0.717, 1.165) is 59.7 Å². The number of hydrogen-bond donors (Lipinski definition) is 1. The van der Waals surface area contributed by atoms with E-state index in [1.54, 1.807) is 18.4 Å². The SMILES string of the molecule is COc1ccccc1CC(=O)N1CCN(Cc2nc3sc4c(c3c(=O)[nH]2)CCCC4)CC1. The second kappa shape index (κ2) is 9.03. The molecule has 8 heteroatoms. The molecule has 0 unspecified atom stereocenters. The monoisotopic (exact) mass is 452 g/mol. The third-order valence-electron chi connectivity index (χ3n) is 6.51. The van der Waals surface area contributed by atoms with Crippen LogP contribution in [0.25, 0.3) is 10.2 Å². The predicted octanol–water partition coefficient (Wildman–Crippen LogP) is 2.76. The van der Waals surface area contributed by atoms with Crippen LogP contribution in [0.15, 0.2) is 29.1 Å². The molecule has 1 aromatic carbocycles. The number of aromatic amines is 1. The quantitative estimate of drug-likeness (QED) is 0.644. The third-order valence-corrected chi connectivity index (χ3v) is 7.69. The summed E-state index contributed by atoms with van der Waals surface area (Å²) in [5, 5.41) is 0.806. The number of ether oxygens (including phenoxy) is 1. The van der Waals surface area contributed by atoms with E-state index in [-0.39, 0.29) is 11.5 Å². The number of H-pyrrole nitrogens is 1. The van der Waals surface area contributed by atoms with E-state index in [4.69, 9.17) is 9.72 Å². The number of piperazine rings is 1. The van der Waals surface area contributed by atoms with Gasteiger partial charge in [0.05, 0.1) is 25.5 Å². The van der Waals surface area contributed by atoms with Crippen molar-refractivity contribution in [3.63, 3.8) is 0 Å². The maximum Gasteiger partial charge on any atom is 0.259 e. The minimum Gasteiger partial charge on any atom is -0.496 e. The summed E-state index contributed by atoms with van der Waals surface area (Å²) in [7, 11) is 1.63. The summed E-state index contributed by atoms with van der Waals surface area (Å²) in [6.07, 6.45) is 4.75. The zero-order chi connectivity index (χ0) is 22.1. The number of para-hydroxylation sites is 1. The van der Waals surface area contributed by atoms with Crippen LogP contribution in [0.5, 0.6) is 5.75 Å². The largest absolute Gasteiger partial charge is 0.496 e. The summed E-state index contributed by atoms with van der Waals surface area (Å²) in [6, 6.07) is 7.66. The first-order valence-corrected chi connectivity index (χ1v) is 12.1. The average molecular weight is 453 g/mol. The van der Waals surface area contributed by atoms with Crippen LogP contribution in [0, 0.1) is 0 Å². The predicted molar refractivity (Wildman–Crippen MR) is 125 cm³/mol. The number of fused-ring (bicyclic) bond motifs is 3. The van der Waals surface area contributed by atoms with Crippen LogP contribution in [0.4, 0.5) is 0 Å². The number of aryl methyl sites for hydroxylation is 2. The number of hydrogen-bond acceptors (Lipinski definition) is 6. The van der Waals surface area contributed by atoms with Crippen LogP contribution in [-0.4, -0.2) is 59.0 Å². The normalized spacial score (nSPS) is 16.8. The highest BCUT2D eigenvalue weighted by atomic mass is 32.1. The van der Waals surface area contributed by atoms with Gasteiger partial charge in [-0.05, 0) is 37.3 Å². The van der Waals surface area contributed by atoms with Crippen molar-refractivity contribution in [1.29, 1.82) is 0 Å². The third kappa shape index (κ3) is 4.17. The van der Waals surface area contributed by atoms with Gasteiger partial charge in [-0.25, -0.2) is 4.98 Å². The van der Waals surface area contributed by atoms with Crippen LogP contribution >= 0.6 is 11.3 Å². The standard InChI is InChI=1S/C24H28N4O3S/c1-31-18-8-4-2-6-16(18)14-21(29)28-12-10-27(11-13-28)15-20-25-23(30)22-17-7-3-5-9-19(17)32-24(22)26-20/h2,4,6,8H,3,5,7,9-15H2,1H3,(H,25,26,30). The molecule has 7 nitrogen and oxygen atoms in total. The van der Waals surface area contributed by atoms with Crippen molar-refractivity contribution >= 4 is 27.5 Å². The Morgan fingerprint density at radius 2 is 1.94 bits per heavy atom. The maximum atomic E-state index is 12.8. The van der Waals surface area contributed by atoms with Crippen molar-refractivity contribution < 1.29 is 9.53 Å². The number of carbonyl (C=O) groups excluding carboxylic acids is 1. The fraction of sp³-hybridized carbons (Fsp3) is 0.458. The molecule has 168 valence electrons. The molecule has 1 aliphatic heterocycles. The highest BCUT2D eigenvalue weighted by Gasteiger charge is 2.24. The lowest BCUT2D eigenvalue weighted by Crippen LogP contribution is -2.49. The van der Waals surface area contributed by atoms with Crippen LogP contribution in [-0.2, 0) is 30.6 Å². The summed E-state index contributed by atoms with van der Waals surface area (Å²) in [4.78, 5) is 39.7. The highest BCUT2D eigenvalue weighted by Crippen LogP contribution is 2.33. The Morgan fingerprint density at radius 3 is 2.75 bits per heavy atom. The lowest BCUT2D eigenvalue weighted by molar-refractivity contribution is -0.132. The first-order valence-electron chi connectivity index (χ1n) is 11.3. The number of methoxy groups -OCH3 is 1. The van der Waals surface area contributed by atoms with E-state index in [2.05, 4.69) is 9.88 Å². The molecule has 1 aliphatic carbocycles. The van der Waals surface area contributed by atoms with E-state index in [1.165, 1.54) is 16.9 Å². The summed E-state index contributed by atoms with van der Waals surface area (Å²) >= 11 is 1.69. The smallest absolute Gasteiger partial charge is 0.259 e. The lowest BCUT2D eigenvalue weighted by atomic mass is 9.97. The number of thiophene rings is 1. The first-order chi connectivity index (χ1) is 15.6. The van der Waals surface area contributed by atoms with E-state index >= 15 is 0 Å². The summed E-state index contributed by atoms with van der Waals surface area (Å²) in [5.74, 6) is 1.58.